The highest BCUT2D eigenvalue weighted by molar-refractivity contribution is 7.92. The Morgan fingerprint density at radius 1 is 1.41 bits per heavy atom. The maximum absolute atomic E-state index is 11.7. The second-order valence-corrected chi connectivity index (χ2v) is 8.38. The highest BCUT2D eigenvalue weighted by atomic mass is 35.5. The van der Waals surface area contributed by atoms with Gasteiger partial charge in [-0.15, -0.1) is 0 Å². The molecule has 0 bridgehead atoms. The fourth-order valence-corrected chi connectivity index (χ4v) is 4.31. The fourth-order valence-electron chi connectivity index (χ4n) is 0.984. The summed E-state index contributed by atoms with van der Waals surface area (Å²) >= 11 is 6.38. The largest absolute Gasteiger partial charge is 0.252 e. The maximum atomic E-state index is 11.7. The van der Waals surface area contributed by atoms with Crippen molar-refractivity contribution in [3.05, 3.63) is 10.2 Å². The van der Waals surface area contributed by atoms with Crippen LogP contribution in [0.15, 0.2) is 4.21 Å². The van der Waals surface area contributed by atoms with Crippen LogP contribution in [0.25, 0.3) is 0 Å². The van der Waals surface area contributed by atoms with Crippen molar-refractivity contribution in [1.82, 2.24) is 9.71 Å². The molecule has 0 fully saturated rings. The molecule has 0 saturated carbocycles. The quantitative estimate of drug-likeness (QED) is 0.770. The summed E-state index contributed by atoms with van der Waals surface area (Å²) in [4.78, 5) is 3.76. The highest BCUT2D eigenvalue weighted by Gasteiger charge is 2.21. The summed E-state index contributed by atoms with van der Waals surface area (Å²) in [6, 6.07) is 0. The van der Waals surface area contributed by atoms with Crippen LogP contribution in [-0.2, 0) is 20.0 Å². The topological polar surface area (TPSA) is 119 Å². The van der Waals surface area contributed by atoms with Crippen molar-refractivity contribution >= 4 is 43.0 Å². The molecule has 1 rings (SSSR count). The third kappa shape index (κ3) is 4.48. The van der Waals surface area contributed by atoms with E-state index in [9.17, 15) is 16.8 Å². The molecule has 0 aromatic carbocycles. The molecule has 11 heteroatoms. The van der Waals surface area contributed by atoms with E-state index < -0.39 is 25.8 Å². The lowest BCUT2D eigenvalue weighted by atomic mass is 10.6. The van der Waals surface area contributed by atoms with E-state index in [1.54, 1.807) is 0 Å². The van der Waals surface area contributed by atoms with Crippen LogP contribution < -0.4 is 9.86 Å². The zero-order valence-corrected chi connectivity index (χ0v) is 11.9. The Kier molecular flexibility index (Phi) is 4.49. The number of nitrogens with two attached hydrogens (primary N) is 1. The molecule has 1 heterocycles. The Morgan fingerprint density at radius 3 is 2.41 bits per heavy atom. The van der Waals surface area contributed by atoms with Gasteiger partial charge < -0.3 is 0 Å². The average Bonchev–Trinajstić information content (AvgIpc) is 2.43. The standard InChI is InChI=1S/C6H10ClN3O4S3/c1-4-5(15-6(7)10-4)17(13,14)9-2-3-16(8,11)12/h9H,2-3H2,1H3,(H2,8,11,12). The average molecular weight is 320 g/mol. The van der Waals surface area contributed by atoms with Gasteiger partial charge >= 0.3 is 0 Å². The van der Waals surface area contributed by atoms with Crippen molar-refractivity contribution in [2.24, 2.45) is 5.14 Å². The van der Waals surface area contributed by atoms with Gasteiger partial charge in [-0.25, -0.2) is 31.7 Å². The number of rotatable bonds is 5. The molecule has 3 N–H and O–H groups in total. The number of nitrogens with zero attached hydrogens (tertiary/aromatic N) is 1. The van der Waals surface area contributed by atoms with Gasteiger partial charge in [0.1, 0.15) is 0 Å². The van der Waals surface area contributed by atoms with E-state index in [0.717, 1.165) is 11.3 Å². The lowest BCUT2D eigenvalue weighted by Crippen LogP contribution is -2.31. The number of sulfonamides is 2. The zero-order chi connectivity index (χ0) is 13.3. The van der Waals surface area contributed by atoms with Gasteiger partial charge in [-0.05, 0) is 6.92 Å². The van der Waals surface area contributed by atoms with Crippen LogP contribution >= 0.6 is 22.9 Å². The monoisotopic (exact) mass is 319 g/mol. The third-order valence-electron chi connectivity index (χ3n) is 1.65. The number of primary sulfonamides is 1. The lowest BCUT2D eigenvalue weighted by molar-refractivity contribution is 0.582. The Morgan fingerprint density at radius 2 is 2.00 bits per heavy atom. The fraction of sp³-hybridized carbons (Fsp3) is 0.500. The molecule has 0 aliphatic heterocycles. The number of thiazole rings is 1. The molecule has 0 amide bonds. The van der Waals surface area contributed by atoms with Crippen LogP contribution in [0.5, 0.6) is 0 Å². The molecule has 98 valence electrons. The second kappa shape index (κ2) is 5.16. The first-order valence-corrected chi connectivity index (χ1v) is 8.64. The van der Waals surface area contributed by atoms with Gasteiger partial charge in [0.15, 0.2) is 8.68 Å². The van der Waals surface area contributed by atoms with E-state index >= 15 is 0 Å². The molecule has 1 aromatic heterocycles. The predicted molar refractivity (Wildman–Crippen MR) is 65.0 cm³/mol. The van der Waals surface area contributed by atoms with Crippen molar-refractivity contribution in [3.63, 3.8) is 0 Å². The minimum atomic E-state index is -3.79. The Hall–Kier alpha value is -0.260. The molecule has 0 unspecified atom stereocenters. The number of aryl methyl sites for hydroxylation is 1. The number of hydrogen-bond acceptors (Lipinski definition) is 6. The first kappa shape index (κ1) is 14.8. The second-order valence-electron chi connectivity index (χ2n) is 3.10. The van der Waals surface area contributed by atoms with Gasteiger partial charge in [0, 0.05) is 6.54 Å². The van der Waals surface area contributed by atoms with Crippen LogP contribution in [0.2, 0.25) is 4.47 Å². The number of aromatic nitrogens is 1. The lowest BCUT2D eigenvalue weighted by Gasteiger charge is -2.03. The van der Waals surface area contributed by atoms with Crippen molar-refractivity contribution < 1.29 is 16.8 Å². The molecule has 0 saturated heterocycles. The molecule has 0 aliphatic rings. The van der Waals surface area contributed by atoms with E-state index in [1.165, 1.54) is 6.92 Å². The summed E-state index contributed by atoms with van der Waals surface area (Å²) < 4.78 is 46.9. The summed E-state index contributed by atoms with van der Waals surface area (Å²) in [7, 11) is -7.49. The minimum Gasteiger partial charge on any atom is -0.229 e. The normalized spacial score (nSPS) is 12.9. The molecule has 0 spiro atoms. The number of nitrogens with one attached hydrogen (secondary N) is 1. The zero-order valence-electron chi connectivity index (χ0n) is 8.67. The molecule has 0 atom stereocenters. The van der Waals surface area contributed by atoms with Crippen LogP contribution in [0.3, 0.4) is 0 Å². The molecular formula is C6H10ClN3O4S3. The Balaban J connectivity index is 2.80. The van der Waals surface area contributed by atoms with E-state index in [1.807, 2.05) is 0 Å². The van der Waals surface area contributed by atoms with Crippen molar-refractivity contribution in [2.45, 2.75) is 11.1 Å². The molecule has 1 aromatic rings. The smallest absolute Gasteiger partial charge is 0.229 e. The summed E-state index contributed by atoms with van der Waals surface area (Å²) in [5.74, 6) is -0.474. The van der Waals surface area contributed by atoms with Crippen molar-refractivity contribution in [3.8, 4) is 0 Å². The number of halogens is 1. The van der Waals surface area contributed by atoms with Crippen molar-refractivity contribution in [2.75, 3.05) is 12.3 Å². The summed E-state index contributed by atoms with van der Waals surface area (Å²) in [5, 5.41) is 4.74. The first-order chi connectivity index (χ1) is 7.62. The third-order valence-corrected chi connectivity index (χ3v) is 5.76. The Bertz CT molecular complexity index is 606. The summed E-state index contributed by atoms with van der Waals surface area (Å²) in [5.41, 5.74) is 0.267. The maximum Gasteiger partial charge on any atom is 0.252 e. The van der Waals surface area contributed by atoms with Crippen LogP contribution in [0.1, 0.15) is 5.69 Å². The SMILES string of the molecule is Cc1nc(Cl)sc1S(=O)(=O)NCCS(N)(=O)=O. The Labute approximate surface area is 108 Å². The van der Waals surface area contributed by atoms with Gasteiger partial charge in [-0.1, -0.05) is 22.9 Å². The van der Waals surface area contributed by atoms with Crippen LogP contribution in [0.4, 0.5) is 0 Å². The van der Waals surface area contributed by atoms with Gasteiger partial charge in [0.25, 0.3) is 10.0 Å². The van der Waals surface area contributed by atoms with Crippen LogP contribution in [-0.4, -0.2) is 34.1 Å². The minimum absolute atomic E-state index is 0.0306. The van der Waals surface area contributed by atoms with E-state index in [0.29, 0.717) is 0 Å². The predicted octanol–water partition coefficient (Wildman–Crippen LogP) is -0.328. The molecular weight excluding hydrogens is 310 g/mol. The molecule has 17 heavy (non-hydrogen) atoms. The first-order valence-electron chi connectivity index (χ1n) is 4.25. The van der Waals surface area contributed by atoms with E-state index in [4.69, 9.17) is 16.7 Å². The summed E-state index contributed by atoms with van der Waals surface area (Å²) in [6.07, 6.45) is 0. The number of hydrogen-bond donors (Lipinski definition) is 2. The van der Waals surface area contributed by atoms with E-state index in [-0.39, 0.29) is 20.9 Å². The van der Waals surface area contributed by atoms with Gasteiger partial charge in [0.05, 0.1) is 11.4 Å². The molecule has 7 nitrogen and oxygen atoms in total. The highest BCUT2D eigenvalue weighted by Crippen LogP contribution is 2.26. The van der Waals surface area contributed by atoms with Crippen LogP contribution in [0, 0.1) is 6.92 Å². The van der Waals surface area contributed by atoms with Crippen molar-refractivity contribution in [1.29, 1.82) is 0 Å². The van der Waals surface area contributed by atoms with E-state index in [2.05, 4.69) is 9.71 Å². The molecule has 0 radical (unpaired) electrons. The van der Waals surface area contributed by atoms with Gasteiger partial charge in [-0.3, -0.25) is 0 Å². The summed E-state index contributed by atoms with van der Waals surface area (Å²) in [6.45, 7) is 1.20. The molecule has 0 aliphatic carbocycles. The van der Waals surface area contributed by atoms with Gasteiger partial charge in [-0.2, -0.15) is 0 Å². The van der Waals surface area contributed by atoms with Gasteiger partial charge in [0.2, 0.25) is 10.0 Å².